The molecule has 1 atom stereocenters. The van der Waals surface area contributed by atoms with E-state index in [2.05, 4.69) is 15.6 Å². The Bertz CT molecular complexity index is 657. The number of aliphatic imine (C=N–C) groups is 1. The zero-order chi connectivity index (χ0) is 19.1. The first-order valence-electron chi connectivity index (χ1n) is 10.2. The van der Waals surface area contributed by atoms with E-state index >= 15 is 0 Å². The second kappa shape index (κ2) is 9.72. The summed E-state index contributed by atoms with van der Waals surface area (Å²) >= 11 is 0. The minimum atomic E-state index is -0.184. The van der Waals surface area contributed by atoms with E-state index in [1.165, 1.54) is 18.9 Å². The highest BCUT2D eigenvalue weighted by Crippen LogP contribution is 2.27. The highest BCUT2D eigenvalue weighted by Gasteiger charge is 2.32. The first-order valence-corrected chi connectivity index (χ1v) is 10.2. The predicted molar refractivity (Wildman–Crippen MR) is 106 cm³/mol. The monoisotopic (exact) mass is 374 g/mol. The zero-order valence-electron chi connectivity index (χ0n) is 16.2. The maximum atomic E-state index is 13.2. The normalized spacial score (nSPS) is 20.9. The zero-order valence-corrected chi connectivity index (χ0v) is 16.2. The van der Waals surface area contributed by atoms with E-state index in [1.54, 1.807) is 19.2 Å². The van der Waals surface area contributed by atoms with Gasteiger partial charge in [-0.15, -0.1) is 0 Å². The largest absolute Gasteiger partial charge is 0.356 e. The molecule has 0 spiro atoms. The Morgan fingerprint density at radius 2 is 2.11 bits per heavy atom. The van der Waals surface area contributed by atoms with Crippen molar-refractivity contribution in [2.75, 3.05) is 26.7 Å². The molecule has 1 unspecified atom stereocenters. The summed E-state index contributed by atoms with van der Waals surface area (Å²) in [6.07, 6.45) is 7.19. The van der Waals surface area contributed by atoms with Gasteiger partial charge in [-0.25, -0.2) is 4.39 Å². The average molecular weight is 375 g/mol. The number of nitrogens with zero attached hydrogens (tertiary/aromatic N) is 2. The van der Waals surface area contributed by atoms with Gasteiger partial charge in [-0.1, -0.05) is 25.0 Å². The molecule has 6 heteroatoms. The number of aryl methyl sites for hydroxylation is 1. The summed E-state index contributed by atoms with van der Waals surface area (Å²) in [4.78, 5) is 18.9. The number of guanidine groups is 1. The van der Waals surface area contributed by atoms with Crippen molar-refractivity contribution >= 4 is 11.9 Å². The van der Waals surface area contributed by atoms with Gasteiger partial charge in [-0.2, -0.15) is 0 Å². The molecule has 1 aliphatic carbocycles. The molecule has 1 aliphatic heterocycles. The van der Waals surface area contributed by atoms with E-state index in [0.717, 1.165) is 63.3 Å². The number of benzene rings is 1. The fourth-order valence-electron chi connectivity index (χ4n) is 4.09. The van der Waals surface area contributed by atoms with E-state index in [9.17, 15) is 9.18 Å². The van der Waals surface area contributed by atoms with Gasteiger partial charge >= 0.3 is 0 Å². The van der Waals surface area contributed by atoms with Crippen molar-refractivity contribution in [1.82, 2.24) is 15.5 Å². The van der Waals surface area contributed by atoms with Crippen molar-refractivity contribution in [2.45, 2.75) is 51.0 Å². The van der Waals surface area contributed by atoms with E-state index in [-0.39, 0.29) is 17.8 Å². The third-order valence-electron chi connectivity index (χ3n) is 5.59. The fraction of sp³-hybridized carbons (Fsp3) is 0.619. The maximum Gasteiger partial charge on any atom is 0.225 e. The Hall–Kier alpha value is -2.11. The van der Waals surface area contributed by atoms with E-state index in [4.69, 9.17) is 0 Å². The van der Waals surface area contributed by atoms with Crippen LogP contribution in [0.2, 0.25) is 0 Å². The van der Waals surface area contributed by atoms with E-state index < -0.39 is 0 Å². The lowest BCUT2D eigenvalue weighted by atomic mass is 10.1. The molecule has 5 nitrogen and oxygen atoms in total. The Morgan fingerprint density at radius 1 is 1.30 bits per heavy atom. The molecule has 1 amide bonds. The highest BCUT2D eigenvalue weighted by atomic mass is 19.1. The van der Waals surface area contributed by atoms with Gasteiger partial charge in [-0.3, -0.25) is 9.79 Å². The SMILES string of the molecule is CN=C(NCCCc1cccc(F)c1)NC1CCN(C(=O)C2CCCC2)C1. The summed E-state index contributed by atoms with van der Waals surface area (Å²) < 4.78 is 13.2. The molecule has 2 N–H and O–H groups in total. The van der Waals surface area contributed by atoms with Crippen LogP contribution in [-0.2, 0) is 11.2 Å². The van der Waals surface area contributed by atoms with Crippen LogP contribution in [0.25, 0.3) is 0 Å². The number of nitrogens with one attached hydrogen (secondary N) is 2. The van der Waals surface area contributed by atoms with E-state index in [0.29, 0.717) is 5.91 Å². The maximum absolute atomic E-state index is 13.2. The molecule has 0 radical (unpaired) electrons. The summed E-state index contributed by atoms with van der Waals surface area (Å²) in [5.74, 6) is 1.18. The van der Waals surface area contributed by atoms with Crippen LogP contribution >= 0.6 is 0 Å². The molecule has 1 aromatic carbocycles. The minimum Gasteiger partial charge on any atom is -0.356 e. The van der Waals surface area contributed by atoms with Gasteiger partial charge in [0, 0.05) is 38.6 Å². The van der Waals surface area contributed by atoms with Crippen molar-refractivity contribution < 1.29 is 9.18 Å². The molecule has 148 valence electrons. The molecule has 2 aliphatic rings. The van der Waals surface area contributed by atoms with Gasteiger partial charge < -0.3 is 15.5 Å². The van der Waals surface area contributed by atoms with Crippen LogP contribution in [-0.4, -0.2) is 49.5 Å². The van der Waals surface area contributed by atoms with Crippen molar-refractivity contribution in [3.63, 3.8) is 0 Å². The Balaban J connectivity index is 1.37. The third kappa shape index (κ3) is 5.68. The van der Waals surface area contributed by atoms with Crippen LogP contribution in [0.5, 0.6) is 0 Å². The molecule has 1 heterocycles. The third-order valence-corrected chi connectivity index (χ3v) is 5.59. The Morgan fingerprint density at radius 3 is 2.85 bits per heavy atom. The van der Waals surface area contributed by atoms with Gasteiger partial charge in [-0.05, 0) is 49.8 Å². The van der Waals surface area contributed by atoms with Crippen LogP contribution in [0.4, 0.5) is 4.39 Å². The minimum absolute atomic E-state index is 0.184. The summed E-state index contributed by atoms with van der Waals surface area (Å²) in [6.45, 7) is 2.37. The smallest absolute Gasteiger partial charge is 0.225 e. The second-order valence-corrected chi connectivity index (χ2v) is 7.63. The van der Waals surface area contributed by atoms with Crippen molar-refractivity contribution in [3.8, 4) is 0 Å². The topological polar surface area (TPSA) is 56.7 Å². The lowest BCUT2D eigenvalue weighted by molar-refractivity contribution is -0.134. The van der Waals surface area contributed by atoms with Crippen LogP contribution < -0.4 is 10.6 Å². The van der Waals surface area contributed by atoms with Crippen LogP contribution in [0.1, 0.15) is 44.1 Å². The number of halogens is 1. The lowest BCUT2D eigenvalue weighted by Gasteiger charge is -2.21. The number of rotatable bonds is 6. The number of carbonyl (C=O) groups is 1. The summed E-state index contributed by atoms with van der Waals surface area (Å²) in [7, 11) is 1.76. The summed E-state index contributed by atoms with van der Waals surface area (Å²) in [5.41, 5.74) is 1.01. The molecule has 1 saturated heterocycles. The molecule has 2 fully saturated rings. The Kier molecular flexibility index (Phi) is 7.07. The highest BCUT2D eigenvalue weighted by molar-refractivity contribution is 5.81. The summed E-state index contributed by atoms with van der Waals surface area (Å²) in [5, 5.41) is 6.76. The molecule has 3 rings (SSSR count). The number of likely N-dealkylation sites (tertiary alicyclic amines) is 1. The van der Waals surface area contributed by atoms with Gasteiger partial charge in [0.15, 0.2) is 5.96 Å². The predicted octanol–water partition coefficient (Wildman–Crippen LogP) is 2.71. The van der Waals surface area contributed by atoms with E-state index in [1.807, 2.05) is 11.0 Å². The number of carbonyl (C=O) groups excluding carboxylic acids is 1. The molecular weight excluding hydrogens is 343 g/mol. The molecular formula is C21H31FN4O. The summed E-state index contributed by atoms with van der Waals surface area (Å²) in [6, 6.07) is 7.00. The van der Waals surface area contributed by atoms with Gasteiger partial charge in [0.2, 0.25) is 5.91 Å². The average Bonchev–Trinajstić information content (AvgIpc) is 3.36. The quantitative estimate of drug-likeness (QED) is 0.457. The van der Waals surface area contributed by atoms with Crippen molar-refractivity contribution in [3.05, 3.63) is 35.6 Å². The van der Waals surface area contributed by atoms with Crippen LogP contribution in [0.15, 0.2) is 29.3 Å². The standard InChI is InChI=1S/C21H31FN4O/c1-23-21(24-12-5-7-16-6-4-10-18(22)14-16)25-19-11-13-26(15-19)20(27)17-8-2-3-9-17/h4,6,10,14,17,19H,2-3,5,7-9,11-13,15H2,1H3,(H2,23,24,25). The molecule has 0 aromatic heterocycles. The molecule has 27 heavy (non-hydrogen) atoms. The van der Waals surface area contributed by atoms with Crippen molar-refractivity contribution in [1.29, 1.82) is 0 Å². The first kappa shape index (κ1) is 19.6. The van der Waals surface area contributed by atoms with Gasteiger partial charge in [0.25, 0.3) is 0 Å². The fourth-order valence-corrected chi connectivity index (χ4v) is 4.09. The Labute approximate surface area is 161 Å². The van der Waals surface area contributed by atoms with Gasteiger partial charge in [0.1, 0.15) is 5.82 Å². The van der Waals surface area contributed by atoms with Crippen LogP contribution in [0.3, 0.4) is 0 Å². The molecule has 0 bridgehead atoms. The number of amides is 1. The number of hydrogen-bond donors (Lipinski definition) is 2. The van der Waals surface area contributed by atoms with Crippen molar-refractivity contribution in [2.24, 2.45) is 10.9 Å². The second-order valence-electron chi connectivity index (χ2n) is 7.63. The number of hydrogen-bond acceptors (Lipinski definition) is 2. The van der Waals surface area contributed by atoms with Crippen LogP contribution in [0, 0.1) is 11.7 Å². The van der Waals surface area contributed by atoms with Gasteiger partial charge in [0.05, 0.1) is 0 Å². The lowest BCUT2D eigenvalue weighted by Crippen LogP contribution is -2.45. The molecule has 1 saturated carbocycles. The first-order chi connectivity index (χ1) is 13.2. The molecule has 1 aromatic rings.